The molecule has 0 fully saturated rings. The molecule has 1 atom stereocenters. The number of ketones is 1. The fraction of sp³-hybridized carbons (Fsp3) is 0.118. The van der Waals surface area contributed by atoms with Crippen LogP contribution in [-0.4, -0.2) is 10.8 Å². The summed E-state index contributed by atoms with van der Waals surface area (Å²) in [6.45, 7) is 1.61. The number of carbonyl (C=O) groups is 1. The van der Waals surface area contributed by atoms with Crippen molar-refractivity contribution in [3.63, 3.8) is 0 Å². The van der Waals surface area contributed by atoms with Crippen LogP contribution in [0.4, 0.5) is 8.78 Å². The average molecular weight is 344 g/mol. The summed E-state index contributed by atoms with van der Waals surface area (Å²) in [6, 6.07) is 6.88. The van der Waals surface area contributed by atoms with Crippen LogP contribution < -0.4 is 0 Å². The molecule has 0 saturated heterocycles. The van der Waals surface area contributed by atoms with Crippen LogP contribution in [0.5, 0.6) is 0 Å². The Balaban J connectivity index is 1.99. The molecule has 0 saturated carbocycles. The van der Waals surface area contributed by atoms with Crippen LogP contribution in [0.15, 0.2) is 40.3 Å². The van der Waals surface area contributed by atoms with E-state index < -0.39 is 23.3 Å². The number of benzene rings is 1. The molecule has 0 N–H and O–H groups in total. The number of Topliss-reactive ketones (excluding diaryl/α,β-unsaturated/α-hetero) is 1. The fourth-order valence-corrected chi connectivity index (χ4v) is 3.15. The SMILES string of the molecule is Cc1occc1C(=O)[C@@H](C#N)c1nc(-c2c(F)cccc2F)cs1. The van der Waals surface area contributed by atoms with Gasteiger partial charge in [-0.25, -0.2) is 13.8 Å². The lowest BCUT2D eigenvalue weighted by molar-refractivity contribution is 0.0977. The van der Waals surface area contributed by atoms with E-state index in [1.165, 1.54) is 23.8 Å². The van der Waals surface area contributed by atoms with Crippen LogP contribution in [0.3, 0.4) is 0 Å². The lowest BCUT2D eigenvalue weighted by atomic mass is 10.00. The predicted molar refractivity (Wildman–Crippen MR) is 83.6 cm³/mol. The van der Waals surface area contributed by atoms with Gasteiger partial charge in [-0.1, -0.05) is 6.07 Å². The first-order valence-electron chi connectivity index (χ1n) is 6.90. The highest BCUT2D eigenvalue weighted by Gasteiger charge is 2.28. The Hall–Kier alpha value is -2.85. The van der Waals surface area contributed by atoms with E-state index in [0.717, 1.165) is 23.5 Å². The molecule has 0 unspecified atom stereocenters. The summed E-state index contributed by atoms with van der Waals surface area (Å²) < 4.78 is 32.8. The van der Waals surface area contributed by atoms with Gasteiger partial charge in [0.1, 0.15) is 22.4 Å². The summed E-state index contributed by atoms with van der Waals surface area (Å²) in [7, 11) is 0. The van der Waals surface area contributed by atoms with Crippen LogP contribution in [0.25, 0.3) is 11.3 Å². The number of rotatable bonds is 4. The van der Waals surface area contributed by atoms with Gasteiger partial charge in [0.2, 0.25) is 0 Å². The molecule has 0 radical (unpaired) electrons. The molecule has 0 aliphatic rings. The van der Waals surface area contributed by atoms with Crippen LogP contribution in [0.1, 0.15) is 27.0 Å². The molecule has 3 rings (SSSR count). The minimum absolute atomic E-state index is 0.0579. The first-order valence-corrected chi connectivity index (χ1v) is 7.78. The van der Waals surface area contributed by atoms with Gasteiger partial charge in [-0.2, -0.15) is 5.26 Å². The second kappa shape index (κ2) is 6.34. The topological polar surface area (TPSA) is 66.9 Å². The van der Waals surface area contributed by atoms with Gasteiger partial charge >= 0.3 is 0 Å². The van der Waals surface area contributed by atoms with Gasteiger partial charge in [-0.15, -0.1) is 11.3 Å². The first-order chi connectivity index (χ1) is 11.5. The van der Waals surface area contributed by atoms with Crippen LogP contribution in [0.2, 0.25) is 0 Å². The number of aromatic nitrogens is 1. The molecule has 120 valence electrons. The van der Waals surface area contributed by atoms with Crippen molar-refractivity contribution in [3.05, 3.63) is 63.9 Å². The van der Waals surface area contributed by atoms with Gasteiger partial charge in [0.25, 0.3) is 0 Å². The lowest BCUT2D eigenvalue weighted by Gasteiger charge is -2.04. The summed E-state index contributed by atoms with van der Waals surface area (Å²) in [5.41, 5.74) is 0.0709. The number of nitriles is 1. The normalized spacial score (nSPS) is 11.9. The lowest BCUT2D eigenvalue weighted by Crippen LogP contribution is -2.11. The van der Waals surface area contributed by atoms with Crippen molar-refractivity contribution in [1.29, 1.82) is 5.26 Å². The highest BCUT2D eigenvalue weighted by Crippen LogP contribution is 2.31. The van der Waals surface area contributed by atoms with E-state index in [9.17, 15) is 18.8 Å². The third kappa shape index (κ3) is 2.72. The molecule has 0 aliphatic heterocycles. The molecule has 2 aromatic heterocycles. The fourth-order valence-electron chi connectivity index (χ4n) is 2.30. The maximum atomic E-state index is 13.8. The molecule has 0 amide bonds. The summed E-state index contributed by atoms with van der Waals surface area (Å²) >= 11 is 1.01. The molecule has 7 heteroatoms. The van der Waals surface area contributed by atoms with Gasteiger partial charge in [-0.05, 0) is 25.1 Å². The Kier molecular flexibility index (Phi) is 4.23. The van der Waals surface area contributed by atoms with E-state index >= 15 is 0 Å². The molecule has 1 aromatic carbocycles. The molecule has 2 heterocycles. The predicted octanol–water partition coefficient (Wildman–Crippen LogP) is 4.48. The molecule has 4 nitrogen and oxygen atoms in total. The molecule has 0 spiro atoms. The number of aryl methyl sites for hydroxylation is 1. The van der Waals surface area contributed by atoms with Crippen LogP contribution in [0, 0.1) is 29.9 Å². The second-order valence-corrected chi connectivity index (χ2v) is 5.87. The minimum Gasteiger partial charge on any atom is -0.469 e. The molecule has 0 aliphatic carbocycles. The van der Waals surface area contributed by atoms with E-state index in [0.29, 0.717) is 5.76 Å². The Morgan fingerprint density at radius 3 is 2.62 bits per heavy atom. The summed E-state index contributed by atoms with van der Waals surface area (Å²) in [6.07, 6.45) is 1.36. The largest absolute Gasteiger partial charge is 0.469 e. The second-order valence-electron chi connectivity index (χ2n) is 4.98. The number of nitrogens with zero attached hydrogens (tertiary/aromatic N) is 2. The standard InChI is InChI=1S/C17H10F2N2O2S/c1-9-10(5-6-23-9)16(22)11(7-20)17-21-14(8-24-17)15-12(18)3-2-4-13(15)19/h2-6,8,11H,1H3/t11-/m1/s1. The van der Waals surface area contributed by atoms with E-state index in [1.54, 1.807) is 6.92 Å². The van der Waals surface area contributed by atoms with Gasteiger partial charge in [-0.3, -0.25) is 4.79 Å². The van der Waals surface area contributed by atoms with Crippen LogP contribution in [-0.2, 0) is 0 Å². The van der Waals surface area contributed by atoms with E-state index in [2.05, 4.69) is 4.98 Å². The number of hydrogen-bond donors (Lipinski definition) is 0. The van der Waals surface area contributed by atoms with Crippen molar-refractivity contribution in [2.24, 2.45) is 0 Å². The highest BCUT2D eigenvalue weighted by molar-refractivity contribution is 7.10. The van der Waals surface area contributed by atoms with Crippen molar-refractivity contribution in [3.8, 4) is 17.3 Å². The van der Waals surface area contributed by atoms with Crippen molar-refractivity contribution in [2.45, 2.75) is 12.8 Å². The molecular formula is C17H10F2N2O2S. The monoisotopic (exact) mass is 344 g/mol. The van der Waals surface area contributed by atoms with Crippen molar-refractivity contribution in [2.75, 3.05) is 0 Å². The maximum absolute atomic E-state index is 13.8. The summed E-state index contributed by atoms with van der Waals surface area (Å²) in [5.74, 6) is -2.72. The Labute approximate surface area is 140 Å². The van der Waals surface area contributed by atoms with E-state index in [-0.39, 0.29) is 21.8 Å². The van der Waals surface area contributed by atoms with Crippen molar-refractivity contribution >= 4 is 17.1 Å². The quantitative estimate of drug-likeness (QED) is 0.655. The van der Waals surface area contributed by atoms with Crippen molar-refractivity contribution < 1.29 is 18.0 Å². The molecule has 24 heavy (non-hydrogen) atoms. The maximum Gasteiger partial charge on any atom is 0.190 e. The number of halogens is 2. The average Bonchev–Trinajstić information content (AvgIpc) is 3.17. The zero-order chi connectivity index (χ0) is 17.3. The smallest absolute Gasteiger partial charge is 0.190 e. The van der Waals surface area contributed by atoms with Gasteiger partial charge < -0.3 is 4.42 Å². The molecule has 0 bridgehead atoms. The Morgan fingerprint density at radius 1 is 1.33 bits per heavy atom. The Morgan fingerprint density at radius 2 is 2.04 bits per heavy atom. The molecular weight excluding hydrogens is 334 g/mol. The van der Waals surface area contributed by atoms with E-state index in [4.69, 9.17) is 4.42 Å². The first kappa shape index (κ1) is 16.0. The number of hydrogen-bond acceptors (Lipinski definition) is 5. The van der Waals surface area contributed by atoms with E-state index in [1.807, 2.05) is 6.07 Å². The third-order valence-corrected chi connectivity index (χ3v) is 4.41. The summed E-state index contributed by atoms with van der Waals surface area (Å²) in [5, 5.41) is 11.0. The van der Waals surface area contributed by atoms with Gasteiger partial charge in [0.05, 0.1) is 29.2 Å². The minimum atomic E-state index is -1.16. The third-order valence-electron chi connectivity index (χ3n) is 3.50. The number of furan rings is 1. The zero-order valence-corrected chi connectivity index (χ0v) is 13.2. The zero-order valence-electron chi connectivity index (χ0n) is 12.4. The summed E-state index contributed by atoms with van der Waals surface area (Å²) in [4.78, 5) is 16.6. The highest BCUT2D eigenvalue weighted by atomic mass is 32.1. The molecule has 3 aromatic rings. The Bertz CT molecular complexity index is 935. The van der Waals surface area contributed by atoms with Gasteiger partial charge in [0.15, 0.2) is 11.7 Å². The van der Waals surface area contributed by atoms with Crippen LogP contribution >= 0.6 is 11.3 Å². The van der Waals surface area contributed by atoms with Crippen molar-refractivity contribution in [1.82, 2.24) is 4.98 Å². The number of thiazole rings is 1. The van der Waals surface area contributed by atoms with Gasteiger partial charge in [0, 0.05) is 5.38 Å². The number of carbonyl (C=O) groups excluding carboxylic acids is 1.